The van der Waals surface area contributed by atoms with E-state index >= 15 is 0 Å². The summed E-state index contributed by atoms with van der Waals surface area (Å²) in [5.74, 6) is 0. The van der Waals surface area contributed by atoms with E-state index < -0.39 is 0 Å². The molecule has 0 amide bonds. The van der Waals surface area contributed by atoms with Gasteiger partial charge in [-0.05, 0) is 57.1 Å². The molecule has 1 heteroatoms. The van der Waals surface area contributed by atoms with Crippen molar-refractivity contribution in [3.8, 4) is 0 Å². The Balaban J connectivity index is 1.68. The summed E-state index contributed by atoms with van der Waals surface area (Å²) in [7, 11) is 0. The Labute approximate surface area is 142 Å². The smallest absolute Gasteiger partial charge is 0.0644 e. The second-order valence-corrected chi connectivity index (χ2v) is 6.40. The largest absolute Gasteiger partial charge is 0.377 e. The van der Waals surface area contributed by atoms with Crippen molar-refractivity contribution in [2.24, 2.45) is 0 Å². The lowest BCUT2D eigenvalue weighted by Gasteiger charge is -2.14. The van der Waals surface area contributed by atoms with Gasteiger partial charge >= 0.3 is 0 Å². The lowest BCUT2D eigenvalue weighted by atomic mass is 9.91. The van der Waals surface area contributed by atoms with Crippen LogP contribution in [0.2, 0.25) is 0 Å². The molecule has 4 aromatic carbocycles. The lowest BCUT2D eigenvalue weighted by Crippen LogP contribution is -1.96. The topological polar surface area (TPSA) is 9.23 Å². The molecule has 0 radical (unpaired) electrons. The Morgan fingerprint density at radius 3 is 2.29 bits per heavy atom. The van der Waals surface area contributed by atoms with Gasteiger partial charge in [-0.15, -0.1) is 6.58 Å². The van der Waals surface area contributed by atoms with Gasteiger partial charge in [-0.25, -0.2) is 0 Å². The highest BCUT2D eigenvalue weighted by Crippen LogP contribution is 2.36. The SMILES string of the molecule is C=CCOCCCCc1ccc2ccc3cccc4ccc1c2c34. The number of unbranched alkanes of at least 4 members (excludes halogenated alkanes) is 1. The van der Waals surface area contributed by atoms with Crippen LogP contribution in [-0.4, -0.2) is 13.2 Å². The van der Waals surface area contributed by atoms with Crippen LogP contribution in [0.1, 0.15) is 18.4 Å². The Morgan fingerprint density at radius 2 is 1.50 bits per heavy atom. The van der Waals surface area contributed by atoms with Gasteiger partial charge in [0.05, 0.1) is 6.61 Å². The molecule has 0 unspecified atom stereocenters. The van der Waals surface area contributed by atoms with E-state index in [0.29, 0.717) is 6.61 Å². The molecule has 0 saturated heterocycles. The maximum Gasteiger partial charge on any atom is 0.0644 e. The van der Waals surface area contributed by atoms with Gasteiger partial charge in [0.1, 0.15) is 0 Å². The van der Waals surface area contributed by atoms with Gasteiger partial charge in [0.2, 0.25) is 0 Å². The minimum atomic E-state index is 0.652. The van der Waals surface area contributed by atoms with E-state index in [9.17, 15) is 0 Å². The van der Waals surface area contributed by atoms with Crippen molar-refractivity contribution in [3.63, 3.8) is 0 Å². The van der Waals surface area contributed by atoms with Gasteiger partial charge in [0.15, 0.2) is 0 Å². The van der Waals surface area contributed by atoms with E-state index in [1.807, 2.05) is 0 Å². The molecule has 0 bridgehead atoms. The molecule has 24 heavy (non-hydrogen) atoms. The first kappa shape index (κ1) is 15.2. The summed E-state index contributed by atoms with van der Waals surface area (Å²) in [5.41, 5.74) is 1.45. The van der Waals surface area contributed by atoms with E-state index in [2.05, 4.69) is 61.2 Å². The monoisotopic (exact) mass is 314 g/mol. The fraction of sp³-hybridized carbons (Fsp3) is 0.217. The van der Waals surface area contributed by atoms with E-state index in [-0.39, 0.29) is 0 Å². The average Bonchev–Trinajstić information content (AvgIpc) is 2.63. The zero-order valence-corrected chi connectivity index (χ0v) is 13.9. The molecule has 4 rings (SSSR count). The first-order chi connectivity index (χ1) is 11.9. The molecule has 0 saturated carbocycles. The van der Waals surface area contributed by atoms with E-state index in [1.54, 1.807) is 6.08 Å². The van der Waals surface area contributed by atoms with Crippen molar-refractivity contribution in [2.75, 3.05) is 13.2 Å². The number of benzene rings is 4. The highest BCUT2D eigenvalue weighted by Gasteiger charge is 2.10. The molecule has 0 heterocycles. The molecular formula is C23H22O. The summed E-state index contributed by atoms with van der Waals surface area (Å²) >= 11 is 0. The molecule has 0 N–H and O–H groups in total. The molecule has 0 aliphatic carbocycles. The second kappa shape index (κ2) is 6.62. The average molecular weight is 314 g/mol. The fourth-order valence-corrected chi connectivity index (χ4v) is 3.70. The number of hydrogen-bond donors (Lipinski definition) is 0. The van der Waals surface area contributed by atoms with Crippen molar-refractivity contribution in [3.05, 3.63) is 72.8 Å². The summed E-state index contributed by atoms with van der Waals surface area (Å²) in [6.07, 6.45) is 5.16. The van der Waals surface area contributed by atoms with Crippen LogP contribution in [0.3, 0.4) is 0 Å². The van der Waals surface area contributed by atoms with Gasteiger partial charge in [-0.1, -0.05) is 60.7 Å². The highest BCUT2D eigenvalue weighted by molar-refractivity contribution is 6.23. The molecule has 0 aromatic heterocycles. The van der Waals surface area contributed by atoms with Crippen LogP contribution in [0.25, 0.3) is 32.3 Å². The van der Waals surface area contributed by atoms with E-state index in [0.717, 1.165) is 25.9 Å². The Bertz CT molecular complexity index is 967. The van der Waals surface area contributed by atoms with Gasteiger partial charge in [-0.3, -0.25) is 0 Å². The number of hydrogen-bond acceptors (Lipinski definition) is 1. The van der Waals surface area contributed by atoms with Crippen molar-refractivity contribution in [1.82, 2.24) is 0 Å². The Kier molecular flexibility index (Phi) is 4.18. The van der Waals surface area contributed by atoms with Crippen molar-refractivity contribution < 1.29 is 4.74 Å². The summed E-state index contributed by atoms with van der Waals surface area (Å²) in [6, 6.07) is 20.2. The fourth-order valence-electron chi connectivity index (χ4n) is 3.70. The van der Waals surface area contributed by atoms with E-state index in [1.165, 1.54) is 37.9 Å². The van der Waals surface area contributed by atoms with Gasteiger partial charge in [0, 0.05) is 6.61 Å². The van der Waals surface area contributed by atoms with Crippen molar-refractivity contribution in [1.29, 1.82) is 0 Å². The Morgan fingerprint density at radius 1 is 0.792 bits per heavy atom. The van der Waals surface area contributed by atoms with Crippen LogP contribution in [0.15, 0.2) is 67.3 Å². The molecule has 1 nitrogen and oxygen atoms in total. The minimum Gasteiger partial charge on any atom is -0.377 e. The predicted octanol–water partition coefficient (Wildman–Crippen LogP) is 6.11. The molecule has 0 aliphatic rings. The third-order valence-electron chi connectivity index (χ3n) is 4.84. The normalized spacial score (nSPS) is 11.7. The van der Waals surface area contributed by atoms with Crippen LogP contribution in [0.4, 0.5) is 0 Å². The highest BCUT2D eigenvalue weighted by atomic mass is 16.5. The van der Waals surface area contributed by atoms with Gasteiger partial charge < -0.3 is 4.74 Å². The third kappa shape index (κ3) is 2.65. The van der Waals surface area contributed by atoms with Crippen molar-refractivity contribution in [2.45, 2.75) is 19.3 Å². The molecule has 120 valence electrons. The first-order valence-corrected chi connectivity index (χ1v) is 8.72. The second-order valence-electron chi connectivity index (χ2n) is 6.40. The maximum atomic E-state index is 5.48. The number of aryl methyl sites for hydroxylation is 1. The molecule has 0 aliphatic heterocycles. The standard InChI is InChI=1S/C23H22O/c1-2-15-24-16-4-3-6-17-9-10-20-12-11-18-7-5-8-19-13-14-21(17)23(20)22(18)19/h2,5,7-14H,1,3-4,6,15-16H2. The maximum absolute atomic E-state index is 5.48. The molecule has 0 spiro atoms. The first-order valence-electron chi connectivity index (χ1n) is 8.72. The van der Waals surface area contributed by atoms with Crippen LogP contribution in [-0.2, 0) is 11.2 Å². The zero-order chi connectivity index (χ0) is 16.4. The van der Waals surface area contributed by atoms with Crippen LogP contribution in [0, 0.1) is 0 Å². The third-order valence-corrected chi connectivity index (χ3v) is 4.84. The summed E-state index contributed by atoms with van der Waals surface area (Å²) in [4.78, 5) is 0. The van der Waals surface area contributed by atoms with Crippen LogP contribution < -0.4 is 0 Å². The summed E-state index contributed by atoms with van der Waals surface area (Å²) in [6.45, 7) is 5.14. The van der Waals surface area contributed by atoms with Gasteiger partial charge in [0.25, 0.3) is 0 Å². The molecule has 0 fully saturated rings. The summed E-state index contributed by atoms with van der Waals surface area (Å²) < 4.78 is 5.48. The van der Waals surface area contributed by atoms with Gasteiger partial charge in [-0.2, -0.15) is 0 Å². The molecular weight excluding hydrogens is 292 g/mol. The predicted molar refractivity (Wildman–Crippen MR) is 104 cm³/mol. The molecule has 4 aromatic rings. The number of rotatable bonds is 7. The zero-order valence-electron chi connectivity index (χ0n) is 13.9. The number of ether oxygens (including phenoxy) is 1. The Hall–Kier alpha value is -2.38. The minimum absolute atomic E-state index is 0.652. The lowest BCUT2D eigenvalue weighted by molar-refractivity contribution is 0.158. The van der Waals surface area contributed by atoms with E-state index in [4.69, 9.17) is 4.74 Å². The van der Waals surface area contributed by atoms with Crippen LogP contribution in [0.5, 0.6) is 0 Å². The van der Waals surface area contributed by atoms with Crippen LogP contribution >= 0.6 is 0 Å². The summed E-state index contributed by atoms with van der Waals surface area (Å²) in [5, 5.41) is 8.24. The molecule has 0 atom stereocenters. The van der Waals surface area contributed by atoms with Crippen molar-refractivity contribution >= 4 is 32.3 Å². The quantitative estimate of drug-likeness (QED) is 0.227.